The first kappa shape index (κ1) is 11.4. The third-order valence-corrected chi connectivity index (χ3v) is 2.48. The molecule has 1 aromatic carbocycles. The summed E-state index contributed by atoms with van der Waals surface area (Å²) >= 11 is 5.67. The Morgan fingerprint density at radius 1 is 1.36 bits per heavy atom. The lowest BCUT2D eigenvalue weighted by Gasteiger charge is -2.08. The normalized spacial score (nSPS) is 10.2. The van der Waals surface area contributed by atoms with Gasteiger partial charge in [-0.3, -0.25) is 0 Å². The summed E-state index contributed by atoms with van der Waals surface area (Å²) < 4.78 is 5.45. The van der Waals surface area contributed by atoms with Crippen LogP contribution in [0.3, 0.4) is 0 Å². The van der Waals surface area contributed by atoms with Gasteiger partial charge in [0.2, 0.25) is 0 Å². The van der Waals surface area contributed by atoms with E-state index in [4.69, 9.17) is 16.3 Å². The molecule has 1 nitrogen and oxygen atoms in total. The fourth-order valence-corrected chi connectivity index (χ4v) is 1.56. The molecule has 0 amide bonds. The van der Waals surface area contributed by atoms with Gasteiger partial charge in [0.25, 0.3) is 0 Å². The fraction of sp³-hybridized carbons (Fsp3) is 0.500. The van der Waals surface area contributed by atoms with Crippen LogP contribution in [0.25, 0.3) is 0 Å². The SMILES string of the molecule is CCOc1ccc(C)c(CCCCl)c1. The summed E-state index contributed by atoms with van der Waals surface area (Å²) in [6, 6.07) is 6.24. The van der Waals surface area contributed by atoms with Crippen molar-refractivity contribution in [3.63, 3.8) is 0 Å². The fourth-order valence-electron chi connectivity index (χ4n) is 1.43. The molecule has 0 N–H and O–H groups in total. The Morgan fingerprint density at radius 3 is 2.79 bits per heavy atom. The van der Waals surface area contributed by atoms with Crippen LogP contribution in [-0.2, 0) is 6.42 Å². The molecule has 0 aliphatic heterocycles. The van der Waals surface area contributed by atoms with Crippen molar-refractivity contribution in [1.82, 2.24) is 0 Å². The van der Waals surface area contributed by atoms with E-state index in [1.807, 2.05) is 13.0 Å². The zero-order valence-electron chi connectivity index (χ0n) is 8.85. The van der Waals surface area contributed by atoms with Crippen LogP contribution in [0, 0.1) is 6.92 Å². The van der Waals surface area contributed by atoms with Crippen molar-refractivity contribution in [3.05, 3.63) is 29.3 Å². The van der Waals surface area contributed by atoms with E-state index in [0.717, 1.165) is 31.1 Å². The van der Waals surface area contributed by atoms with Crippen LogP contribution in [0.4, 0.5) is 0 Å². The molecule has 0 aliphatic rings. The molecule has 0 radical (unpaired) electrons. The van der Waals surface area contributed by atoms with Gasteiger partial charge in [-0.1, -0.05) is 6.07 Å². The van der Waals surface area contributed by atoms with Gasteiger partial charge in [0.1, 0.15) is 5.75 Å². The van der Waals surface area contributed by atoms with Gasteiger partial charge in [-0.15, -0.1) is 11.6 Å². The van der Waals surface area contributed by atoms with Crippen LogP contribution in [0.5, 0.6) is 5.75 Å². The Hall–Kier alpha value is -0.690. The molecule has 0 spiro atoms. The predicted molar refractivity (Wildman–Crippen MR) is 61.4 cm³/mol. The van der Waals surface area contributed by atoms with E-state index in [1.165, 1.54) is 11.1 Å². The van der Waals surface area contributed by atoms with Gasteiger partial charge in [0.05, 0.1) is 6.61 Å². The van der Waals surface area contributed by atoms with Gasteiger partial charge in [-0.2, -0.15) is 0 Å². The quantitative estimate of drug-likeness (QED) is 0.679. The molecule has 2 heteroatoms. The Bertz CT molecular complexity index is 284. The minimum Gasteiger partial charge on any atom is -0.494 e. The molecule has 0 unspecified atom stereocenters. The van der Waals surface area contributed by atoms with Crippen LogP contribution in [-0.4, -0.2) is 12.5 Å². The number of rotatable bonds is 5. The average molecular weight is 213 g/mol. The molecular formula is C12H17ClO. The Balaban J connectivity index is 2.74. The van der Waals surface area contributed by atoms with Crippen molar-refractivity contribution in [1.29, 1.82) is 0 Å². The zero-order chi connectivity index (χ0) is 10.4. The highest BCUT2D eigenvalue weighted by Crippen LogP contribution is 2.18. The molecule has 0 saturated heterocycles. The largest absolute Gasteiger partial charge is 0.494 e. The van der Waals surface area contributed by atoms with Crippen molar-refractivity contribution in [2.45, 2.75) is 26.7 Å². The lowest BCUT2D eigenvalue weighted by molar-refractivity contribution is 0.340. The van der Waals surface area contributed by atoms with Crippen molar-refractivity contribution in [2.24, 2.45) is 0 Å². The molecule has 0 fully saturated rings. The minimum atomic E-state index is 0.720. The Labute approximate surface area is 91.0 Å². The smallest absolute Gasteiger partial charge is 0.119 e. The summed E-state index contributed by atoms with van der Waals surface area (Å²) in [6.07, 6.45) is 2.06. The molecule has 78 valence electrons. The van der Waals surface area contributed by atoms with Crippen molar-refractivity contribution < 1.29 is 4.74 Å². The molecule has 0 bridgehead atoms. The van der Waals surface area contributed by atoms with Crippen LogP contribution < -0.4 is 4.74 Å². The van der Waals surface area contributed by atoms with E-state index in [0.29, 0.717) is 0 Å². The summed E-state index contributed by atoms with van der Waals surface area (Å²) in [5.74, 6) is 1.68. The van der Waals surface area contributed by atoms with Gasteiger partial charge >= 0.3 is 0 Å². The topological polar surface area (TPSA) is 9.23 Å². The third kappa shape index (κ3) is 3.22. The molecule has 0 heterocycles. The average Bonchev–Trinajstić information content (AvgIpc) is 2.19. The van der Waals surface area contributed by atoms with Gasteiger partial charge < -0.3 is 4.74 Å². The van der Waals surface area contributed by atoms with Gasteiger partial charge in [-0.05, 0) is 49.9 Å². The molecule has 1 rings (SSSR count). The highest BCUT2D eigenvalue weighted by atomic mass is 35.5. The maximum atomic E-state index is 5.67. The predicted octanol–water partition coefficient (Wildman–Crippen LogP) is 3.57. The van der Waals surface area contributed by atoms with Crippen LogP contribution in [0.1, 0.15) is 24.5 Å². The number of ether oxygens (including phenoxy) is 1. The van der Waals surface area contributed by atoms with Crippen LogP contribution in [0.15, 0.2) is 18.2 Å². The van der Waals surface area contributed by atoms with Crippen molar-refractivity contribution in [3.8, 4) is 5.75 Å². The molecule has 0 aliphatic carbocycles. The number of alkyl halides is 1. The molecule has 0 saturated carbocycles. The Kier molecular flexibility index (Phi) is 4.81. The van der Waals surface area contributed by atoms with Crippen LogP contribution >= 0.6 is 11.6 Å². The summed E-state index contributed by atoms with van der Waals surface area (Å²) in [6.45, 7) is 4.84. The lowest BCUT2D eigenvalue weighted by Crippen LogP contribution is -1.95. The van der Waals surface area contributed by atoms with Crippen molar-refractivity contribution in [2.75, 3.05) is 12.5 Å². The minimum absolute atomic E-state index is 0.720. The van der Waals surface area contributed by atoms with E-state index in [2.05, 4.69) is 19.1 Å². The number of hydrogen-bond acceptors (Lipinski definition) is 1. The summed E-state index contributed by atoms with van der Waals surface area (Å²) in [7, 11) is 0. The monoisotopic (exact) mass is 212 g/mol. The van der Waals surface area contributed by atoms with Crippen molar-refractivity contribution >= 4 is 11.6 Å². The Morgan fingerprint density at radius 2 is 2.14 bits per heavy atom. The van der Waals surface area contributed by atoms with E-state index in [-0.39, 0.29) is 0 Å². The first-order chi connectivity index (χ1) is 6.77. The van der Waals surface area contributed by atoms with E-state index >= 15 is 0 Å². The van der Waals surface area contributed by atoms with Crippen LogP contribution in [0.2, 0.25) is 0 Å². The van der Waals surface area contributed by atoms with Gasteiger partial charge in [0.15, 0.2) is 0 Å². The van der Waals surface area contributed by atoms with Gasteiger partial charge in [-0.25, -0.2) is 0 Å². The number of halogens is 1. The molecular weight excluding hydrogens is 196 g/mol. The van der Waals surface area contributed by atoms with E-state index < -0.39 is 0 Å². The van der Waals surface area contributed by atoms with E-state index in [9.17, 15) is 0 Å². The highest BCUT2D eigenvalue weighted by Gasteiger charge is 2.00. The third-order valence-electron chi connectivity index (χ3n) is 2.21. The zero-order valence-corrected chi connectivity index (χ0v) is 9.60. The summed E-state index contributed by atoms with van der Waals surface area (Å²) in [5.41, 5.74) is 2.66. The number of aryl methyl sites for hydroxylation is 2. The molecule has 1 aromatic rings. The first-order valence-electron chi connectivity index (χ1n) is 5.06. The summed E-state index contributed by atoms with van der Waals surface area (Å²) in [4.78, 5) is 0. The maximum absolute atomic E-state index is 5.67. The molecule has 0 aromatic heterocycles. The maximum Gasteiger partial charge on any atom is 0.119 e. The second kappa shape index (κ2) is 5.92. The summed E-state index contributed by atoms with van der Waals surface area (Å²) in [5, 5.41) is 0. The molecule has 14 heavy (non-hydrogen) atoms. The standard InChI is InChI=1S/C12H17ClO/c1-3-14-12-7-6-10(2)11(9-12)5-4-8-13/h6-7,9H,3-5,8H2,1-2H3. The first-order valence-corrected chi connectivity index (χ1v) is 5.59. The highest BCUT2D eigenvalue weighted by molar-refractivity contribution is 6.17. The molecule has 0 atom stereocenters. The number of hydrogen-bond donors (Lipinski definition) is 0. The number of benzene rings is 1. The second-order valence-electron chi connectivity index (χ2n) is 3.31. The second-order valence-corrected chi connectivity index (χ2v) is 3.69. The lowest BCUT2D eigenvalue weighted by atomic mass is 10.0. The van der Waals surface area contributed by atoms with E-state index in [1.54, 1.807) is 0 Å². The van der Waals surface area contributed by atoms with Gasteiger partial charge in [0, 0.05) is 5.88 Å².